The van der Waals surface area contributed by atoms with Gasteiger partial charge >= 0.3 is 0 Å². The molecule has 8 nitrogen and oxygen atoms in total. The Morgan fingerprint density at radius 3 is 2.31 bits per heavy atom. The fourth-order valence-corrected chi connectivity index (χ4v) is 3.09. The molecule has 2 aromatic heterocycles. The number of anilines is 1. The van der Waals surface area contributed by atoms with Crippen LogP contribution in [0.25, 0.3) is 11.1 Å². The second-order valence-electron chi connectivity index (χ2n) is 7.21. The van der Waals surface area contributed by atoms with Gasteiger partial charge in [-0.05, 0) is 24.0 Å². The van der Waals surface area contributed by atoms with Crippen molar-refractivity contribution >= 4 is 11.8 Å². The molecule has 3 rings (SSSR count). The lowest BCUT2D eigenvalue weighted by Gasteiger charge is -2.34. The van der Waals surface area contributed by atoms with Crippen molar-refractivity contribution in [3.63, 3.8) is 0 Å². The van der Waals surface area contributed by atoms with Gasteiger partial charge in [0.05, 0.1) is 12.5 Å². The number of H-pyrrole nitrogens is 1. The van der Waals surface area contributed by atoms with Crippen LogP contribution >= 0.6 is 0 Å². The predicted molar refractivity (Wildman–Crippen MR) is 114 cm³/mol. The van der Waals surface area contributed by atoms with Crippen molar-refractivity contribution in [2.75, 3.05) is 5.73 Å². The topological polar surface area (TPSA) is 128 Å². The summed E-state index contributed by atoms with van der Waals surface area (Å²) in [6.07, 6.45) is 6.54. The normalized spacial score (nSPS) is 13.9. The summed E-state index contributed by atoms with van der Waals surface area (Å²) in [5, 5.41) is 0. The lowest BCUT2D eigenvalue weighted by Crippen LogP contribution is -2.31. The van der Waals surface area contributed by atoms with Crippen LogP contribution in [0, 0.1) is 5.92 Å². The highest BCUT2D eigenvalue weighted by Crippen LogP contribution is 2.39. The molecular formula is C21H25N7O. The molecule has 150 valence electrons. The number of allylic oxidation sites excluding steroid dienone is 1. The van der Waals surface area contributed by atoms with Crippen molar-refractivity contribution in [1.82, 2.24) is 19.9 Å². The maximum Gasteiger partial charge on any atom is 0.263 e. The van der Waals surface area contributed by atoms with Crippen molar-refractivity contribution in [2.24, 2.45) is 16.8 Å². The molecule has 0 spiro atoms. The van der Waals surface area contributed by atoms with Gasteiger partial charge in [-0.1, -0.05) is 44.7 Å². The molecule has 3 aromatic rings. The fraction of sp³-hybridized carbons (Fsp3) is 0.238. The number of nitrogens with two attached hydrogens (primary N) is 2. The molecule has 1 atom stereocenters. The van der Waals surface area contributed by atoms with Crippen LogP contribution in [0.15, 0.2) is 66.5 Å². The summed E-state index contributed by atoms with van der Waals surface area (Å²) >= 11 is 0. The summed E-state index contributed by atoms with van der Waals surface area (Å²) in [6.45, 7) is 10.6. The third-order valence-corrected chi connectivity index (χ3v) is 5.32. The third kappa shape index (κ3) is 4.02. The molecule has 0 amide bonds. The molecular weight excluding hydrogens is 366 g/mol. The summed E-state index contributed by atoms with van der Waals surface area (Å²) < 4.78 is 0. The maximum absolute atomic E-state index is 5.57. The van der Waals surface area contributed by atoms with Gasteiger partial charge < -0.3 is 15.6 Å². The minimum Gasteiger partial charge on any atom is -0.389 e. The standard InChI is InChI=1S/C21H25N7O/c1-13(2)21(4,14(3)28-19(29-23)18-11-24-12-27-18)17-7-5-15(6-8-17)16-9-25-20(22)26-10-16/h5-13H,3,23H2,1-2,4H3,(H,24,27)(H2,22,25,26). The number of hydrogen-bond acceptors (Lipinski definition) is 7. The van der Waals surface area contributed by atoms with Crippen LogP contribution in [-0.2, 0) is 10.3 Å². The second-order valence-corrected chi connectivity index (χ2v) is 7.21. The molecule has 0 aliphatic rings. The number of aromatic nitrogens is 4. The van der Waals surface area contributed by atoms with E-state index in [1.54, 1.807) is 18.6 Å². The molecule has 0 aliphatic heterocycles. The fourth-order valence-electron chi connectivity index (χ4n) is 3.09. The van der Waals surface area contributed by atoms with Crippen molar-refractivity contribution < 1.29 is 4.84 Å². The highest BCUT2D eigenvalue weighted by atomic mass is 16.6. The van der Waals surface area contributed by atoms with Crippen LogP contribution in [0.2, 0.25) is 0 Å². The minimum absolute atomic E-state index is 0.213. The number of hydrogen-bond donors (Lipinski definition) is 3. The van der Waals surface area contributed by atoms with Gasteiger partial charge in [0.1, 0.15) is 5.69 Å². The first kappa shape index (κ1) is 20.2. The van der Waals surface area contributed by atoms with Crippen molar-refractivity contribution in [3.05, 3.63) is 72.7 Å². The van der Waals surface area contributed by atoms with Gasteiger partial charge in [0, 0.05) is 29.1 Å². The van der Waals surface area contributed by atoms with Gasteiger partial charge in [-0.2, -0.15) is 5.90 Å². The smallest absolute Gasteiger partial charge is 0.263 e. The number of benzene rings is 1. The van der Waals surface area contributed by atoms with Gasteiger partial charge in [0.25, 0.3) is 5.90 Å². The molecule has 0 fully saturated rings. The van der Waals surface area contributed by atoms with Crippen LogP contribution in [0.3, 0.4) is 0 Å². The Morgan fingerprint density at radius 1 is 1.14 bits per heavy atom. The van der Waals surface area contributed by atoms with Gasteiger partial charge in [0.2, 0.25) is 5.95 Å². The Labute approximate surface area is 169 Å². The Bertz CT molecular complexity index is 993. The highest BCUT2D eigenvalue weighted by molar-refractivity contribution is 5.92. The highest BCUT2D eigenvalue weighted by Gasteiger charge is 2.34. The Balaban J connectivity index is 1.95. The van der Waals surface area contributed by atoms with E-state index in [-0.39, 0.29) is 17.8 Å². The summed E-state index contributed by atoms with van der Waals surface area (Å²) in [5.41, 5.74) is 9.30. The van der Waals surface area contributed by atoms with Crippen LogP contribution < -0.4 is 11.6 Å². The van der Waals surface area contributed by atoms with Crippen molar-refractivity contribution in [1.29, 1.82) is 0 Å². The molecule has 0 radical (unpaired) electrons. The first-order chi connectivity index (χ1) is 13.9. The van der Waals surface area contributed by atoms with Crippen LogP contribution in [0.4, 0.5) is 5.95 Å². The number of imidazole rings is 1. The quantitative estimate of drug-likeness (QED) is 0.336. The zero-order chi connectivity index (χ0) is 21.0. The Hall–Kier alpha value is -3.52. The van der Waals surface area contributed by atoms with E-state index in [1.807, 2.05) is 12.1 Å². The molecule has 0 saturated carbocycles. The third-order valence-electron chi connectivity index (χ3n) is 5.32. The van der Waals surface area contributed by atoms with Crippen molar-refractivity contribution in [2.45, 2.75) is 26.2 Å². The average Bonchev–Trinajstić information content (AvgIpc) is 3.26. The molecule has 8 heteroatoms. The minimum atomic E-state index is -0.444. The van der Waals surface area contributed by atoms with E-state index in [0.717, 1.165) is 16.7 Å². The lowest BCUT2D eigenvalue weighted by molar-refractivity contribution is 0.317. The molecule has 1 aromatic carbocycles. The van der Waals surface area contributed by atoms with Crippen LogP contribution in [0.1, 0.15) is 32.0 Å². The van der Waals surface area contributed by atoms with E-state index in [4.69, 9.17) is 16.5 Å². The predicted octanol–water partition coefficient (Wildman–Crippen LogP) is 3.21. The van der Waals surface area contributed by atoms with Gasteiger partial charge in [0.15, 0.2) is 0 Å². The molecule has 0 aliphatic carbocycles. The molecule has 1 unspecified atom stereocenters. The molecule has 0 saturated heterocycles. The Kier molecular flexibility index (Phi) is 5.74. The zero-order valence-corrected chi connectivity index (χ0v) is 16.8. The summed E-state index contributed by atoms with van der Waals surface area (Å²) in [4.78, 5) is 24.5. The van der Waals surface area contributed by atoms with Crippen molar-refractivity contribution in [3.8, 4) is 11.1 Å². The van der Waals surface area contributed by atoms with Crippen LogP contribution in [0.5, 0.6) is 0 Å². The number of aliphatic imine (C=N–C) groups is 1. The van der Waals surface area contributed by atoms with E-state index in [9.17, 15) is 0 Å². The number of aromatic amines is 1. The lowest BCUT2D eigenvalue weighted by atomic mass is 9.71. The average molecular weight is 391 g/mol. The van der Waals surface area contributed by atoms with Gasteiger partial charge in [-0.25, -0.2) is 19.9 Å². The maximum atomic E-state index is 5.57. The number of nitrogen functional groups attached to an aromatic ring is 1. The molecule has 5 N–H and O–H groups in total. The summed E-state index contributed by atoms with van der Waals surface area (Å²) in [6, 6.07) is 8.17. The van der Waals surface area contributed by atoms with Crippen LogP contribution in [-0.4, -0.2) is 25.8 Å². The molecule has 29 heavy (non-hydrogen) atoms. The number of nitrogens with zero attached hydrogens (tertiary/aromatic N) is 4. The molecule has 0 bridgehead atoms. The van der Waals surface area contributed by atoms with E-state index >= 15 is 0 Å². The summed E-state index contributed by atoms with van der Waals surface area (Å²) in [5.74, 6) is 6.12. The van der Waals surface area contributed by atoms with Gasteiger partial charge in [-0.3, -0.25) is 0 Å². The number of nitrogens with one attached hydrogen (secondary N) is 1. The van der Waals surface area contributed by atoms with E-state index in [0.29, 0.717) is 11.4 Å². The Morgan fingerprint density at radius 2 is 1.79 bits per heavy atom. The largest absolute Gasteiger partial charge is 0.389 e. The monoisotopic (exact) mass is 391 g/mol. The zero-order valence-electron chi connectivity index (χ0n) is 16.8. The van der Waals surface area contributed by atoms with E-state index < -0.39 is 5.41 Å². The first-order valence-electron chi connectivity index (χ1n) is 9.18. The van der Waals surface area contributed by atoms with Gasteiger partial charge in [-0.15, -0.1) is 0 Å². The van der Waals surface area contributed by atoms with E-state index in [1.165, 1.54) is 6.33 Å². The molecule has 2 heterocycles. The number of rotatable bonds is 6. The summed E-state index contributed by atoms with van der Waals surface area (Å²) in [7, 11) is 0. The van der Waals surface area contributed by atoms with E-state index in [2.05, 4.69) is 64.4 Å². The first-order valence-corrected chi connectivity index (χ1v) is 9.18. The SMILES string of the molecule is C=C(N=C(ON)c1cnc[nH]1)C(C)(c1ccc(-c2cnc(N)nc2)cc1)C(C)C. The second kappa shape index (κ2) is 8.24.